The molecular weight excluding hydrogens is 265 g/mol. The van der Waals surface area contributed by atoms with E-state index < -0.39 is 0 Å². The molecule has 0 aliphatic carbocycles. The fourth-order valence-electron chi connectivity index (χ4n) is 2.87. The van der Waals surface area contributed by atoms with Crippen LogP contribution in [0.3, 0.4) is 0 Å². The normalized spacial score (nSPS) is 19.7. The lowest BCUT2D eigenvalue weighted by molar-refractivity contribution is 0.0611. The van der Waals surface area contributed by atoms with Crippen LogP contribution in [-0.4, -0.2) is 48.1 Å². The van der Waals surface area contributed by atoms with E-state index in [9.17, 15) is 4.39 Å². The summed E-state index contributed by atoms with van der Waals surface area (Å²) in [5, 5.41) is 0. The Morgan fingerprint density at radius 1 is 1.19 bits per heavy atom. The van der Waals surface area contributed by atoms with Gasteiger partial charge < -0.3 is 10.6 Å². The van der Waals surface area contributed by atoms with Gasteiger partial charge in [0.1, 0.15) is 5.82 Å². The van der Waals surface area contributed by atoms with Gasteiger partial charge in [-0.3, -0.25) is 4.90 Å². The van der Waals surface area contributed by atoms with E-state index in [-0.39, 0.29) is 17.4 Å². The summed E-state index contributed by atoms with van der Waals surface area (Å²) in [6, 6.07) is 6.56. The van der Waals surface area contributed by atoms with Gasteiger partial charge in [-0.05, 0) is 44.9 Å². The fraction of sp³-hybridized carbons (Fsp3) is 0.647. The Kier molecular flexibility index (Phi) is 5.36. The van der Waals surface area contributed by atoms with Crippen LogP contribution in [-0.2, 0) is 0 Å². The minimum atomic E-state index is -0.207. The molecule has 1 unspecified atom stereocenters. The van der Waals surface area contributed by atoms with E-state index in [1.54, 1.807) is 12.1 Å². The van der Waals surface area contributed by atoms with E-state index in [1.807, 2.05) is 6.07 Å². The topological polar surface area (TPSA) is 32.5 Å². The predicted octanol–water partition coefficient (Wildman–Crippen LogP) is 2.63. The molecule has 2 rings (SSSR count). The summed E-state index contributed by atoms with van der Waals surface area (Å²) in [5.74, 6) is -0.207. The molecule has 0 amide bonds. The SMILES string of the molecule is CC(C)(C)N1CCN(CCC(N)c2cccc(F)c2)CC1. The Bertz CT molecular complexity index is 448. The van der Waals surface area contributed by atoms with Crippen molar-refractivity contribution in [3.63, 3.8) is 0 Å². The summed E-state index contributed by atoms with van der Waals surface area (Å²) in [7, 11) is 0. The van der Waals surface area contributed by atoms with E-state index in [2.05, 4.69) is 30.6 Å². The first-order valence-corrected chi connectivity index (χ1v) is 7.85. The Hall–Kier alpha value is -0.970. The van der Waals surface area contributed by atoms with Crippen molar-refractivity contribution in [2.45, 2.75) is 38.8 Å². The van der Waals surface area contributed by atoms with Gasteiger partial charge in [-0.2, -0.15) is 0 Å². The first-order valence-electron chi connectivity index (χ1n) is 7.85. The lowest BCUT2D eigenvalue weighted by Gasteiger charge is -2.42. The van der Waals surface area contributed by atoms with Crippen LogP contribution in [0.1, 0.15) is 38.8 Å². The molecular formula is C17H28FN3. The first kappa shape index (κ1) is 16.4. The summed E-state index contributed by atoms with van der Waals surface area (Å²) in [5.41, 5.74) is 7.32. The Morgan fingerprint density at radius 2 is 1.86 bits per heavy atom. The highest BCUT2D eigenvalue weighted by molar-refractivity contribution is 5.19. The van der Waals surface area contributed by atoms with Crippen LogP contribution >= 0.6 is 0 Å². The zero-order valence-corrected chi connectivity index (χ0v) is 13.5. The standard InChI is InChI=1S/C17H28FN3/c1-17(2,3)21-11-9-20(10-12-21)8-7-16(19)14-5-4-6-15(18)13-14/h4-6,13,16H,7-12,19H2,1-3H3. The zero-order valence-electron chi connectivity index (χ0n) is 13.5. The first-order chi connectivity index (χ1) is 9.86. The van der Waals surface area contributed by atoms with Crippen LogP contribution in [0, 0.1) is 5.82 Å². The number of nitrogens with zero attached hydrogens (tertiary/aromatic N) is 2. The van der Waals surface area contributed by atoms with Crippen molar-refractivity contribution in [3.8, 4) is 0 Å². The molecule has 1 fully saturated rings. The quantitative estimate of drug-likeness (QED) is 0.926. The lowest BCUT2D eigenvalue weighted by atomic mass is 10.0. The molecule has 1 aliphatic rings. The van der Waals surface area contributed by atoms with Gasteiger partial charge in [-0.1, -0.05) is 12.1 Å². The molecule has 21 heavy (non-hydrogen) atoms. The Balaban J connectivity index is 1.77. The molecule has 1 aromatic rings. The van der Waals surface area contributed by atoms with E-state index >= 15 is 0 Å². The van der Waals surface area contributed by atoms with E-state index in [0.717, 1.165) is 44.7 Å². The summed E-state index contributed by atoms with van der Waals surface area (Å²) >= 11 is 0. The molecule has 0 saturated carbocycles. The van der Waals surface area contributed by atoms with Crippen molar-refractivity contribution in [1.29, 1.82) is 0 Å². The van der Waals surface area contributed by atoms with Gasteiger partial charge in [0.15, 0.2) is 0 Å². The molecule has 1 heterocycles. The van der Waals surface area contributed by atoms with Crippen molar-refractivity contribution < 1.29 is 4.39 Å². The highest BCUT2D eigenvalue weighted by atomic mass is 19.1. The van der Waals surface area contributed by atoms with Crippen LogP contribution in [0.25, 0.3) is 0 Å². The number of benzene rings is 1. The number of hydrogen-bond acceptors (Lipinski definition) is 3. The minimum Gasteiger partial charge on any atom is -0.324 e. The van der Waals surface area contributed by atoms with E-state index in [1.165, 1.54) is 6.07 Å². The monoisotopic (exact) mass is 293 g/mol. The number of hydrogen-bond donors (Lipinski definition) is 1. The third-order valence-corrected chi connectivity index (χ3v) is 4.35. The zero-order chi connectivity index (χ0) is 15.5. The maximum atomic E-state index is 13.2. The lowest BCUT2D eigenvalue weighted by Crippen LogP contribution is -2.53. The van der Waals surface area contributed by atoms with Gasteiger partial charge in [0.25, 0.3) is 0 Å². The van der Waals surface area contributed by atoms with Crippen LogP contribution in [0.2, 0.25) is 0 Å². The van der Waals surface area contributed by atoms with Gasteiger partial charge >= 0.3 is 0 Å². The Morgan fingerprint density at radius 3 is 2.43 bits per heavy atom. The molecule has 0 bridgehead atoms. The smallest absolute Gasteiger partial charge is 0.123 e. The third kappa shape index (κ3) is 4.77. The van der Waals surface area contributed by atoms with Gasteiger partial charge in [0.05, 0.1) is 0 Å². The molecule has 0 aromatic heterocycles. The number of rotatable bonds is 4. The molecule has 1 atom stereocenters. The van der Waals surface area contributed by atoms with Crippen LogP contribution in [0.5, 0.6) is 0 Å². The van der Waals surface area contributed by atoms with Crippen LogP contribution in [0.4, 0.5) is 4.39 Å². The second-order valence-corrected chi connectivity index (χ2v) is 6.95. The van der Waals surface area contributed by atoms with Crippen molar-refractivity contribution >= 4 is 0 Å². The molecule has 118 valence electrons. The highest BCUT2D eigenvalue weighted by Crippen LogP contribution is 2.18. The van der Waals surface area contributed by atoms with Crippen molar-refractivity contribution in [1.82, 2.24) is 9.80 Å². The van der Waals surface area contributed by atoms with Gasteiger partial charge in [0.2, 0.25) is 0 Å². The second-order valence-electron chi connectivity index (χ2n) is 6.95. The summed E-state index contributed by atoms with van der Waals surface area (Å²) < 4.78 is 13.2. The predicted molar refractivity (Wildman–Crippen MR) is 85.7 cm³/mol. The molecule has 0 radical (unpaired) electrons. The van der Waals surface area contributed by atoms with Crippen molar-refractivity contribution in [2.75, 3.05) is 32.7 Å². The van der Waals surface area contributed by atoms with E-state index in [4.69, 9.17) is 5.73 Å². The second kappa shape index (κ2) is 6.86. The molecule has 1 aromatic carbocycles. The van der Waals surface area contributed by atoms with Gasteiger partial charge in [-0.25, -0.2) is 4.39 Å². The van der Waals surface area contributed by atoms with Gasteiger partial charge in [0, 0.05) is 44.3 Å². The summed E-state index contributed by atoms with van der Waals surface area (Å²) in [4.78, 5) is 4.98. The van der Waals surface area contributed by atoms with Crippen molar-refractivity contribution in [2.24, 2.45) is 5.73 Å². The number of nitrogens with two attached hydrogens (primary N) is 1. The largest absolute Gasteiger partial charge is 0.324 e. The average molecular weight is 293 g/mol. The molecule has 3 nitrogen and oxygen atoms in total. The fourth-order valence-corrected chi connectivity index (χ4v) is 2.87. The molecule has 1 saturated heterocycles. The van der Waals surface area contributed by atoms with Gasteiger partial charge in [-0.15, -0.1) is 0 Å². The summed E-state index contributed by atoms with van der Waals surface area (Å²) in [6.45, 7) is 12.2. The number of halogens is 1. The van der Waals surface area contributed by atoms with Crippen LogP contribution in [0.15, 0.2) is 24.3 Å². The average Bonchev–Trinajstić information content (AvgIpc) is 2.44. The molecule has 1 aliphatic heterocycles. The molecule has 2 N–H and O–H groups in total. The Labute approximate surface area is 127 Å². The maximum absolute atomic E-state index is 13.2. The number of piperazine rings is 1. The molecule has 0 spiro atoms. The third-order valence-electron chi connectivity index (χ3n) is 4.35. The maximum Gasteiger partial charge on any atom is 0.123 e. The van der Waals surface area contributed by atoms with Crippen LogP contribution < -0.4 is 5.73 Å². The highest BCUT2D eigenvalue weighted by Gasteiger charge is 2.25. The molecule has 4 heteroatoms. The summed E-state index contributed by atoms with van der Waals surface area (Å²) in [6.07, 6.45) is 0.874. The van der Waals surface area contributed by atoms with E-state index in [0.29, 0.717) is 0 Å². The minimum absolute atomic E-state index is 0.0821. The van der Waals surface area contributed by atoms with Crippen molar-refractivity contribution in [3.05, 3.63) is 35.6 Å².